The minimum absolute atomic E-state index is 0.0854. The molecule has 0 fully saturated rings. The van der Waals surface area contributed by atoms with E-state index in [4.69, 9.17) is 4.74 Å². The van der Waals surface area contributed by atoms with E-state index in [-0.39, 0.29) is 24.7 Å². The quantitative estimate of drug-likeness (QED) is 0.490. The first-order valence-electron chi connectivity index (χ1n) is 7.87. The molecule has 128 valence electrons. The second-order valence-corrected chi connectivity index (χ2v) is 7.12. The number of anilines is 1. The van der Waals surface area contributed by atoms with Crippen LogP contribution in [0.25, 0.3) is 0 Å². The fraction of sp³-hybridized carbons (Fsp3) is 0.211. The van der Waals surface area contributed by atoms with Crippen molar-refractivity contribution in [2.24, 2.45) is 0 Å². The maximum absolute atomic E-state index is 12.2. The van der Waals surface area contributed by atoms with Gasteiger partial charge in [0, 0.05) is 16.1 Å². The lowest BCUT2D eigenvalue weighted by molar-refractivity contribution is -0.141. The van der Waals surface area contributed by atoms with Crippen molar-refractivity contribution in [3.05, 3.63) is 59.7 Å². The number of Topliss-reactive ketones (excluding diaryl/α,β-unsaturated/α-hetero) is 1. The molecule has 1 heterocycles. The number of amides is 1. The third-order valence-corrected chi connectivity index (χ3v) is 4.88. The molecule has 0 bridgehead atoms. The van der Waals surface area contributed by atoms with Crippen LogP contribution in [-0.4, -0.2) is 29.5 Å². The molecule has 2 aromatic rings. The van der Waals surface area contributed by atoms with E-state index in [0.29, 0.717) is 5.56 Å². The highest BCUT2D eigenvalue weighted by molar-refractivity contribution is 8.00. The summed E-state index contributed by atoms with van der Waals surface area (Å²) in [6.07, 6.45) is 0.265. The number of fused-ring (bicyclic) bond motifs is 1. The molecule has 0 radical (unpaired) electrons. The molecule has 0 aliphatic carbocycles. The summed E-state index contributed by atoms with van der Waals surface area (Å²) in [4.78, 5) is 36.6. The summed E-state index contributed by atoms with van der Waals surface area (Å²) < 4.78 is 5.14. The van der Waals surface area contributed by atoms with Gasteiger partial charge in [-0.15, -0.1) is 11.8 Å². The largest absolute Gasteiger partial charge is 0.456 e. The minimum Gasteiger partial charge on any atom is -0.456 e. The Morgan fingerprint density at radius 3 is 2.72 bits per heavy atom. The molecule has 0 saturated heterocycles. The molecule has 1 aliphatic heterocycles. The molecule has 5 nitrogen and oxygen atoms in total. The van der Waals surface area contributed by atoms with Crippen LogP contribution in [0.2, 0.25) is 0 Å². The Balaban J connectivity index is 1.54. The molecule has 0 unspecified atom stereocenters. The Labute approximate surface area is 149 Å². The van der Waals surface area contributed by atoms with E-state index in [2.05, 4.69) is 5.32 Å². The standard InChI is InChI=1S/C19H17NO4S/c1-12(25-15-5-3-2-4-6-15)19(23)24-11-17(21)13-7-8-16-14(9-13)10-18(22)20-16/h2-9,12H,10-11H2,1H3,(H,20,22)/t12-/m1/s1. The Bertz CT molecular complexity index is 819. The highest BCUT2D eigenvalue weighted by Gasteiger charge is 2.21. The van der Waals surface area contributed by atoms with Crippen LogP contribution in [0, 0.1) is 0 Å². The van der Waals surface area contributed by atoms with E-state index < -0.39 is 11.2 Å². The van der Waals surface area contributed by atoms with E-state index >= 15 is 0 Å². The lowest BCUT2D eigenvalue weighted by Crippen LogP contribution is -2.21. The Morgan fingerprint density at radius 2 is 1.96 bits per heavy atom. The molecule has 0 saturated carbocycles. The lowest BCUT2D eigenvalue weighted by atomic mass is 10.1. The summed E-state index contributed by atoms with van der Waals surface area (Å²) in [7, 11) is 0. The van der Waals surface area contributed by atoms with Crippen LogP contribution in [0.5, 0.6) is 0 Å². The molecule has 2 aromatic carbocycles. The predicted molar refractivity (Wildman–Crippen MR) is 95.8 cm³/mol. The van der Waals surface area contributed by atoms with Crippen LogP contribution >= 0.6 is 11.8 Å². The van der Waals surface area contributed by atoms with Crippen LogP contribution < -0.4 is 5.32 Å². The SMILES string of the molecule is C[C@@H](Sc1ccccc1)C(=O)OCC(=O)c1ccc2c(c1)CC(=O)N2. The Morgan fingerprint density at radius 1 is 1.20 bits per heavy atom. The number of hydrogen-bond donors (Lipinski definition) is 1. The Hall–Kier alpha value is -2.60. The number of nitrogens with one attached hydrogen (secondary N) is 1. The first-order chi connectivity index (χ1) is 12.0. The first-order valence-corrected chi connectivity index (χ1v) is 8.75. The van der Waals surface area contributed by atoms with Crippen LogP contribution in [0.3, 0.4) is 0 Å². The van der Waals surface area contributed by atoms with Gasteiger partial charge in [-0.3, -0.25) is 14.4 Å². The van der Waals surface area contributed by atoms with Gasteiger partial charge in [-0.25, -0.2) is 0 Å². The van der Waals surface area contributed by atoms with Gasteiger partial charge in [0.2, 0.25) is 5.91 Å². The summed E-state index contributed by atoms with van der Waals surface area (Å²) >= 11 is 1.38. The maximum Gasteiger partial charge on any atom is 0.319 e. The van der Waals surface area contributed by atoms with Crippen LogP contribution in [0.4, 0.5) is 5.69 Å². The van der Waals surface area contributed by atoms with Crippen molar-refractivity contribution in [3.8, 4) is 0 Å². The third-order valence-electron chi connectivity index (χ3n) is 3.79. The van der Waals surface area contributed by atoms with Crippen molar-refractivity contribution in [1.82, 2.24) is 0 Å². The number of thioether (sulfide) groups is 1. The smallest absolute Gasteiger partial charge is 0.319 e. The monoisotopic (exact) mass is 355 g/mol. The second kappa shape index (κ2) is 7.53. The third kappa shape index (κ3) is 4.28. The van der Waals surface area contributed by atoms with Crippen molar-refractivity contribution < 1.29 is 19.1 Å². The molecule has 0 aromatic heterocycles. The summed E-state index contributed by atoms with van der Waals surface area (Å²) in [5, 5.41) is 2.31. The van der Waals surface area contributed by atoms with Crippen molar-refractivity contribution in [2.45, 2.75) is 23.5 Å². The van der Waals surface area contributed by atoms with E-state index in [1.807, 2.05) is 30.3 Å². The van der Waals surface area contributed by atoms with Crippen molar-refractivity contribution in [2.75, 3.05) is 11.9 Å². The Kier molecular flexibility index (Phi) is 5.19. The van der Waals surface area contributed by atoms with E-state index in [1.165, 1.54) is 11.8 Å². The number of ketones is 1. The van der Waals surface area contributed by atoms with Gasteiger partial charge >= 0.3 is 5.97 Å². The molecule has 1 atom stereocenters. The fourth-order valence-corrected chi connectivity index (χ4v) is 3.38. The maximum atomic E-state index is 12.2. The van der Waals surface area contributed by atoms with Crippen LogP contribution in [0.1, 0.15) is 22.8 Å². The molecule has 1 amide bonds. The van der Waals surface area contributed by atoms with Gasteiger partial charge in [-0.05, 0) is 42.8 Å². The summed E-state index contributed by atoms with van der Waals surface area (Å²) in [6, 6.07) is 14.5. The molecular formula is C19H17NO4S. The fourth-order valence-electron chi connectivity index (χ4n) is 2.49. The van der Waals surface area contributed by atoms with Gasteiger partial charge in [0.05, 0.1) is 6.42 Å². The van der Waals surface area contributed by atoms with Crippen LogP contribution in [0.15, 0.2) is 53.4 Å². The van der Waals surface area contributed by atoms with Gasteiger partial charge in [0.15, 0.2) is 12.4 Å². The second-order valence-electron chi connectivity index (χ2n) is 5.70. The van der Waals surface area contributed by atoms with Crippen molar-refractivity contribution in [3.63, 3.8) is 0 Å². The van der Waals surface area contributed by atoms with Gasteiger partial charge in [-0.2, -0.15) is 0 Å². The first kappa shape index (κ1) is 17.2. The molecule has 3 rings (SSSR count). The minimum atomic E-state index is -0.430. The van der Waals surface area contributed by atoms with Gasteiger partial charge < -0.3 is 10.1 Å². The zero-order chi connectivity index (χ0) is 17.8. The summed E-state index contributed by atoms with van der Waals surface area (Å²) in [5.41, 5.74) is 1.95. The van der Waals surface area contributed by atoms with Crippen molar-refractivity contribution >= 4 is 35.1 Å². The van der Waals surface area contributed by atoms with E-state index in [9.17, 15) is 14.4 Å². The summed E-state index contributed by atoms with van der Waals surface area (Å²) in [5.74, 6) is -0.801. The zero-order valence-electron chi connectivity index (χ0n) is 13.7. The molecule has 25 heavy (non-hydrogen) atoms. The van der Waals surface area contributed by atoms with E-state index in [1.54, 1.807) is 25.1 Å². The predicted octanol–water partition coefficient (Wildman–Crippen LogP) is 3.09. The molecule has 1 aliphatic rings. The van der Waals surface area contributed by atoms with Gasteiger partial charge in [0.1, 0.15) is 5.25 Å². The number of hydrogen-bond acceptors (Lipinski definition) is 5. The van der Waals surface area contributed by atoms with Gasteiger partial charge in [0.25, 0.3) is 0 Å². The number of rotatable bonds is 6. The lowest BCUT2D eigenvalue weighted by Gasteiger charge is -2.11. The van der Waals surface area contributed by atoms with Crippen molar-refractivity contribution in [1.29, 1.82) is 0 Å². The summed E-state index contributed by atoms with van der Waals surface area (Å²) in [6.45, 7) is 1.44. The number of carbonyl (C=O) groups excluding carboxylic acids is 3. The molecule has 1 N–H and O–H groups in total. The normalized spacial score (nSPS) is 13.7. The number of ether oxygens (including phenoxy) is 1. The van der Waals surface area contributed by atoms with Crippen LogP contribution in [-0.2, 0) is 20.7 Å². The molecule has 0 spiro atoms. The average Bonchev–Trinajstić information content (AvgIpc) is 2.99. The van der Waals surface area contributed by atoms with Gasteiger partial charge in [-0.1, -0.05) is 18.2 Å². The topological polar surface area (TPSA) is 72.5 Å². The van der Waals surface area contributed by atoms with E-state index in [0.717, 1.165) is 16.1 Å². The number of esters is 1. The highest BCUT2D eigenvalue weighted by Crippen LogP contribution is 2.25. The number of benzene rings is 2. The molecular weight excluding hydrogens is 338 g/mol. The average molecular weight is 355 g/mol. The highest BCUT2D eigenvalue weighted by atomic mass is 32.2. The zero-order valence-corrected chi connectivity index (χ0v) is 14.5. The molecule has 6 heteroatoms. The number of carbonyl (C=O) groups is 3.